The summed E-state index contributed by atoms with van der Waals surface area (Å²) in [5, 5.41) is -1.17. The van der Waals surface area contributed by atoms with E-state index in [1.807, 2.05) is 0 Å². The van der Waals surface area contributed by atoms with Gasteiger partial charge in [-0.1, -0.05) is 0 Å². The Morgan fingerprint density at radius 3 is 2.50 bits per heavy atom. The van der Waals surface area contributed by atoms with Crippen molar-refractivity contribution < 1.29 is 9.59 Å². The van der Waals surface area contributed by atoms with Crippen molar-refractivity contribution in [3.8, 4) is 0 Å². The maximum absolute atomic E-state index is 10.1. The van der Waals surface area contributed by atoms with Gasteiger partial charge in [0.15, 0.2) is 5.38 Å². The molecule has 0 fully saturated rings. The van der Waals surface area contributed by atoms with Crippen molar-refractivity contribution in [2.75, 3.05) is 0 Å². The van der Waals surface area contributed by atoms with Crippen LogP contribution < -0.4 is 11.3 Å². The van der Waals surface area contributed by atoms with Crippen LogP contribution in [0.2, 0.25) is 0 Å². The molecule has 0 aliphatic carbocycles. The van der Waals surface area contributed by atoms with Crippen molar-refractivity contribution in [1.82, 2.24) is 5.43 Å². The number of hydrogen-bond acceptors (Lipinski definition) is 3. The van der Waals surface area contributed by atoms with Gasteiger partial charge in [0.1, 0.15) is 6.29 Å². The zero-order valence-corrected chi connectivity index (χ0v) is 4.68. The predicted molar refractivity (Wildman–Crippen MR) is 28.0 cm³/mol. The van der Waals surface area contributed by atoms with E-state index in [2.05, 4.69) is 5.84 Å². The summed E-state index contributed by atoms with van der Waals surface area (Å²) in [7, 11) is 0. The van der Waals surface area contributed by atoms with E-state index in [9.17, 15) is 9.59 Å². The molecule has 0 aromatic heterocycles. The Labute approximate surface area is 51.0 Å². The first kappa shape index (κ1) is 7.39. The average molecular weight is 137 g/mol. The molecule has 0 spiro atoms. The lowest BCUT2D eigenvalue weighted by Gasteiger charge is -1.95. The number of alkyl halides is 1. The summed E-state index contributed by atoms with van der Waals surface area (Å²) in [5.41, 5.74) is 1.71. The third kappa shape index (κ3) is 1.90. The fraction of sp³-hybridized carbons (Fsp3) is 0.333. The summed E-state index contributed by atoms with van der Waals surface area (Å²) in [5.74, 6) is 3.91. The van der Waals surface area contributed by atoms with Crippen LogP contribution >= 0.6 is 11.6 Å². The van der Waals surface area contributed by atoms with Gasteiger partial charge in [-0.05, 0) is 0 Å². The van der Waals surface area contributed by atoms with E-state index in [-0.39, 0.29) is 0 Å². The number of rotatable bonds is 2. The van der Waals surface area contributed by atoms with E-state index >= 15 is 0 Å². The van der Waals surface area contributed by atoms with Gasteiger partial charge < -0.3 is 4.79 Å². The van der Waals surface area contributed by atoms with Crippen LogP contribution in [0.3, 0.4) is 0 Å². The van der Waals surface area contributed by atoms with Crippen LogP contribution in [-0.2, 0) is 9.59 Å². The molecular formula is C3H5ClN2O2. The molecular weight excluding hydrogens is 131 g/mol. The zero-order valence-electron chi connectivity index (χ0n) is 3.93. The Hall–Kier alpha value is -0.610. The average Bonchev–Trinajstić information content (AvgIpc) is 1.84. The Balaban J connectivity index is 3.62. The smallest absolute Gasteiger partial charge is 0.259 e. The molecule has 1 unspecified atom stereocenters. The Morgan fingerprint density at radius 2 is 2.38 bits per heavy atom. The monoisotopic (exact) mass is 136 g/mol. The Morgan fingerprint density at radius 1 is 1.88 bits per heavy atom. The van der Waals surface area contributed by atoms with Crippen molar-refractivity contribution in [2.24, 2.45) is 5.84 Å². The van der Waals surface area contributed by atoms with Crippen LogP contribution in [0.15, 0.2) is 0 Å². The van der Waals surface area contributed by atoms with Gasteiger partial charge in [0, 0.05) is 0 Å². The number of amides is 1. The van der Waals surface area contributed by atoms with Gasteiger partial charge in [-0.25, -0.2) is 5.84 Å². The lowest BCUT2D eigenvalue weighted by molar-refractivity contribution is -0.123. The predicted octanol–water partition coefficient (Wildman–Crippen LogP) is -1.22. The van der Waals surface area contributed by atoms with Gasteiger partial charge in [0.05, 0.1) is 0 Å². The molecule has 1 amide bonds. The zero-order chi connectivity index (χ0) is 6.57. The largest absolute Gasteiger partial charge is 0.301 e. The third-order valence-corrected chi connectivity index (χ3v) is 0.813. The van der Waals surface area contributed by atoms with Crippen molar-refractivity contribution >= 4 is 23.8 Å². The van der Waals surface area contributed by atoms with E-state index in [0.29, 0.717) is 6.29 Å². The molecule has 0 aliphatic heterocycles. The summed E-state index contributed by atoms with van der Waals surface area (Å²) < 4.78 is 0. The maximum Gasteiger partial charge on any atom is 0.259 e. The first-order valence-electron chi connectivity index (χ1n) is 1.82. The van der Waals surface area contributed by atoms with E-state index < -0.39 is 11.3 Å². The van der Waals surface area contributed by atoms with Crippen molar-refractivity contribution in [1.29, 1.82) is 0 Å². The molecule has 46 valence electrons. The lowest BCUT2D eigenvalue weighted by atomic mass is 10.4. The third-order valence-electron chi connectivity index (χ3n) is 0.512. The minimum atomic E-state index is -1.17. The van der Waals surface area contributed by atoms with E-state index in [4.69, 9.17) is 11.6 Å². The number of carbonyl (C=O) groups excluding carboxylic acids is 2. The molecule has 4 nitrogen and oxygen atoms in total. The van der Waals surface area contributed by atoms with E-state index in [1.54, 1.807) is 5.43 Å². The van der Waals surface area contributed by atoms with Gasteiger partial charge in [-0.2, -0.15) is 0 Å². The molecule has 0 saturated heterocycles. The first-order valence-corrected chi connectivity index (χ1v) is 2.26. The summed E-state index contributed by atoms with van der Waals surface area (Å²) >= 11 is 5.06. The maximum atomic E-state index is 10.1. The molecule has 0 rings (SSSR count). The highest BCUT2D eigenvalue weighted by atomic mass is 35.5. The number of nitrogens with one attached hydrogen (secondary N) is 1. The van der Waals surface area contributed by atoms with Crippen LogP contribution in [0.4, 0.5) is 0 Å². The van der Waals surface area contributed by atoms with Gasteiger partial charge in [0.25, 0.3) is 5.91 Å². The molecule has 5 heteroatoms. The SMILES string of the molecule is NNC(=O)C(Cl)C=O. The van der Waals surface area contributed by atoms with Crippen LogP contribution in [0.1, 0.15) is 0 Å². The fourth-order valence-corrected chi connectivity index (χ4v) is 0.204. The molecule has 3 N–H and O–H groups in total. The molecule has 0 radical (unpaired) electrons. The van der Waals surface area contributed by atoms with Crippen molar-refractivity contribution in [3.63, 3.8) is 0 Å². The van der Waals surface area contributed by atoms with Gasteiger partial charge in [0.2, 0.25) is 0 Å². The van der Waals surface area contributed by atoms with Gasteiger partial charge in [-0.3, -0.25) is 10.2 Å². The van der Waals surface area contributed by atoms with E-state index in [1.165, 1.54) is 0 Å². The number of halogens is 1. The lowest BCUT2D eigenvalue weighted by Crippen LogP contribution is -2.37. The Kier molecular flexibility index (Phi) is 3.14. The summed E-state index contributed by atoms with van der Waals surface area (Å²) in [6.45, 7) is 0. The number of nitrogens with two attached hydrogens (primary N) is 1. The fourth-order valence-electron chi connectivity index (χ4n) is 0.141. The second-order valence-corrected chi connectivity index (χ2v) is 1.52. The second kappa shape index (κ2) is 3.40. The highest BCUT2D eigenvalue weighted by Crippen LogP contribution is 1.87. The Bertz CT molecular complexity index is 105. The molecule has 8 heavy (non-hydrogen) atoms. The number of hydrogen-bond donors (Lipinski definition) is 2. The van der Waals surface area contributed by atoms with Crippen LogP contribution in [0.5, 0.6) is 0 Å². The van der Waals surface area contributed by atoms with Crippen LogP contribution in [0, 0.1) is 0 Å². The number of carbonyl (C=O) groups is 2. The van der Waals surface area contributed by atoms with Crippen molar-refractivity contribution in [3.05, 3.63) is 0 Å². The molecule has 0 aromatic rings. The normalized spacial score (nSPS) is 12.2. The van der Waals surface area contributed by atoms with Crippen LogP contribution in [-0.4, -0.2) is 17.6 Å². The quantitative estimate of drug-likeness (QED) is 0.125. The first-order chi connectivity index (χ1) is 3.72. The standard InChI is InChI=1S/C3H5ClN2O2/c4-2(1-7)3(8)6-5/h1-2H,5H2,(H,6,8). The highest BCUT2D eigenvalue weighted by Gasteiger charge is 2.10. The summed E-state index contributed by atoms with van der Waals surface area (Å²) in [6.07, 6.45) is 0.295. The van der Waals surface area contributed by atoms with Crippen molar-refractivity contribution in [2.45, 2.75) is 5.38 Å². The molecule has 0 heterocycles. The molecule has 0 aliphatic rings. The van der Waals surface area contributed by atoms with Gasteiger partial charge in [-0.15, -0.1) is 11.6 Å². The highest BCUT2D eigenvalue weighted by molar-refractivity contribution is 6.38. The van der Waals surface area contributed by atoms with Crippen LogP contribution in [0.25, 0.3) is 0 Å². The molecule has 0 saturated carbocycles. The minimum absolute atomic E-state index is 0.295. The number of aldehydes is 1. The van der Waals surface area contributed by atoms with Gasteiger partial charge >= 0.3 is 0 Å². The molecule has 0 bridgehead atoms. The minimum Gasteiger partial charge on any atom is -0.301 e. The number of hydrazine groups is 1. The molecule has 0 aromatic carbocycles. The second-order valence-electron chi connectivity index (χ2n) is 1.05. The summed E-state index contributed by atoms with van der Waals surface area (Å²) in [6, 6.07) is 0. The summed E-state index contributed by atoms with van der Waals surface area (Å²) in [4.78, 5) is 19.8. The van der Waals surface area contributed by atoms with E-state index in [0.717, 1.165) is 0 Å². The topological polar surface area (TPSA) is 72.2 Å². The molecule has 1 atom stereocenters.